The van der Waals surface area contributed by atoms with Gasteiger partial charge in [-0.1, -0.05) is 18.2 Å². The van der Waals surface area contributed by atoms with E-state index in [9.17, 15) is 27.9 Å². The number of carbonyl (C=O) groups is 2. The van der Waals surface area contributed by atoms with Gasteiger partial charge < -0.3 is 15.5 Å². The molecule has 3 N–H and O–H groups in total. The third-order valence-electron chi connectivity index (χ3n) is 2.71. The van der Waals surface area contributed by atoms with Crippen molar-refractivity contribution in [2.45, 2.75) is 25.1 Å². The number of halogens is 3. The number of nitrogens with one attached hydrogen (secondary N) is 1. The Hall–Kier alpha value is -2.09. The van der Waals surface area contributed by atoms with Gasteiger partial charge in [0.1, 0.15) is 0 Å². The predicted molar refractivity (Wildman–Crippen MR) is 66.4 cm³/mol. The summed E-state index contributed by atoms with van der Waals surface area (Å²) in [6.45, 7) is 0.458. The minimum absolute atomic E-state index is 0.136. The van der Waals surface area contributed by atoms with Gasteiger partial charge in [0, 0.05) is 0 Å². The Balaban J connectivity index is 2.66. The average molecular weight is 305 g/mol. The van der Waals surface area contributed by atoms with E-state index in [1.54, 1.807) is 0 Å². The maximum atomic E-state index is 12.5. The fraction of sp³-hybridized carbons (Fsp3) is 0.385. The third-order valence-corrected chi connectivity index (χ3v) is 2.71. The van der Waals surface area contributed by atoms with Gasteiger partial charge in [0.25, 0.3) is 0 Å². The van der Waals surface area contributed by atoms with Crippen LogP contribution in [0.2, 0.25) is 0 Å². The van der Waals surface area contributed by atoms with Gasteiger partial charge >= 0.3 is 12.1 Å². The zero-order valence-electron chi connectivity index (χ0n) is 11.1. The standard InChI is InChI=1S/C13H14F3NO4/c1-12(21,11(19)20)7-17-10(18)6-8-3-2-4-9(5-8)13(14,15)16/h2-5,21H,6-7H2,1H3,(H,17,18)(H,19,20). The number of amides is 1. The smallest absolute Gasteiger partial charge is 0.416 e. The summed E-state index contributed by atoms with van der Waals surface area (Å²) in [7, 11) is 0. The third kappa shape index (κ3) is 5.07. The van der Waals surface area contributed by atoms with Crippen LogP contribution in [0.1, 0.15) is 18.1 Å². The average Bonchev–Trinajstić information content (AvgIpc) is 2.35. The molecule has 0 heterocycles. The quantitative estimate of drug-likeness (QED) is 0.763. The summed E-state index contributed by atoms with van der Waals surface area (Å²) in [5.41, 5.74) is -2.87. The molecular formula is C13H14F3NO4. The highest BCUT2D eigenvalue weighted by molar-refractivity contribution is 5.81. The molecule has 0 aliphatic carbocycles. The van der Waals surface area contributed by atoms with Gasteiger partial charge in [-0.2, -0.15) is 13.2 Å². The van der Waals surface area contributed by atoms with Gasteiger partial charge in [-0.3, -0.25) is 4.79 Å². The summed E-state index contributed by atoms with van der Waals surface area (Å²) in [4.78, 5) is 22.2. The summed E-state index contributed by atoms with van der Waals surface area (Å²) in [6.07, 6.45) is -4.85. The van der Waals surface area contributed by atoms with Gasteiger partial charge in [0.05, 0.1) is 18.5 Å². The number of rotatable bonds is 5. The molecule has 0 aliphatic rings. The van der Waals surface area contributed by atoms with Crippen molar-refractivity contribution in [1.82, 2.24) is 5.32 Å². The van der Waals surface area contributed by atoms with E-state index in [2.05, 4.69) is 5.32 Å². The summed E-state index contributed by atoms with van der Waals surface area (Å²) >= 11 is 0. The molecule has 21 heavy (non-hydrogen) atoms. The van der Waals surface area contributed by atoms with Crippen LogP contribution >= 0.6 is 0 Å². The number of aliphatic carboxylic acids is 1. The molecule has 116 valence electrons. The van der Waals surface area contributed by atoms with Crippen molar-refractivity contribution in [1.29, 1.82) is 0 Å². The first-order valence-electron chi connectivity index (χ1n) is 5.91. The molecule has 5 nitrogen and oxygen atoms in total. The van der Waals surface area contributed by atoms with Crippen molar-refractivity contribution in [3.05, 3.63) is 35.4 Å². The summed E-state index contributed by atoms with van der Waals surface area (Å²) in [5.74, 6) is -2.20. The molecule has 0 bridgehead atoms. The van der Waals surface area contributed by atoms with Crippen LogP contribution in [0, 0.1) is 0 Å². The number of carboxylic acid groups (broad SMARTS) is 1. The lowest BCUT2D eigenvalue weighted by atomic mass is 10.1. The minimum Gasteiger partial charge on any atom is -0.479 e. The van der Waals surface area contributed by atoms with Crippen molar-refractivity contribution in [2.24, 2.45) is 0 Å². The predicted octanol–water partition coefficient (Wildman–Crippen LogP) is 1.20. The van der Waals surface area contributed by atoms with E-state index >= 15 is 0 Å². The summed E-state index contributed by atoms with van der Waals surface area (Å²) < 4.78 is 37.5. The van der Waals surface area contributed by atoms with E-state index in [-0.39, 0.29) is 12.0 Å². The summed E-state index contributed by atoms with van der Waals surface area (Å²) in [6, 6.07) is 4.26. The van der Waals surface area contributed by atoms with Crippen molar-refractivity contribution in [3.8, 4) is 0 Å². The van der Waals surface area contributed by atoms with Crippen LogP contribution < -0.4 is 5.32 Å². The number of carbonyl (C=O) groups excluding carboxylic acids is 1. The molecule has 0 saturated heterocycles. The Morgan fingerprint density at radius 1 is 1.29 bits per heavy atom. The lowest BCUT2D eigenvalue weighted by Gasteiger charge is -2.18. The van der Waals surface area contributed by atoms with Gasteiger partial charge in [-0.25, -0.2) is 4.79 Å². The fourth-order valence-electron chi connectivity index (χ4n) is 1.45. The Morgan fingerprint density at radius 2 is 1.90 bits per heavy atom. The van der Waals surface area contributed by atoms with E-state index in [0.717, 1.165) is 19.1 Å². The lowest BCUT2D eigenvalue weighted by molar-refractivity contribution is -0.156. The number of hydrogen-bond donors (Lipinski definition) is 3. The van der Waals surface area contributed by atoms with Crippen molar-refractivity contribution in [2.75, 3.05) is 6.54 Å². The molecule has 1 amide bonds. The van der Waals surface area contributed by atoms with Gasteiger partial charge in [-0.15, -0.1) is 0 Å². The van der Waals surface area contributed by atoms with E-state index < -0.39 is 35.8 Å². The maximum absolute atomic E-state index is 12.5. The molecule has 0 aliphatic heterocycles. The maximum Gasteiger partial charge on any atom is 0.416 e. The molecule has 0 fully saturated rings. The summed E-state index contributed by atoms with van der Waals surface area (Å²) in [5, 5.41) is 20.2. The molecule has 1 aromatic carbocycles. The van der Waals surface area contributed by atoms with Crippen molar-refractivity contribution < 1.29 is 33.0 Å². The van der Waals surface area contributed by atoms with Gasteiger partial charge in [0.15, 0.2) is 5.60 Å². The number of hydrogen-bond acceptors (Lipinski definition) is 3. The van der Waals surface area contributed by atoms with Gasteiger partial charge in [0.2, 0.25) is 5.91 Å². The van der Waals surface area contributed by atoms with E-state index in [0.29, 0.717) is 0 Å². The Morgan fingerprint density at radius 3 is 2.43 bits per heavy atom. The van der Waals surface area contributed by atoms with E-state index in [1.807, 2.05) is 0 Å². The number of aliphatic hydroxyl groups is 1. The molecule has 1 aromatic rings. The van der Waals surface area contributed by atoms with E-state index in [1.165, 1.54) is 12.1 Å². The number of carboxylic acids is 1. The highest BCUT2D eigenvalue weighted by Crippen LogP contribution is 2.29. The zero-order valence-corrected chi connectivity index (χ0v) is 11.1. The van der Waals surface area contributed by atoms with Crippen LogP contribution in [-0.2, 0) is 22.2 Å². The van der Waals surface area contributed by atoms with Crippen LogP contribution in [0.5, 0.6) is 0 Å². The molecule has 0 radical (unpaired) electrons. The van der Waals surface area contributed by atoms with Crippen molar-refractivity contribution >= 4 is 11.9 Å². The first kappa shape index (κ1) is 17.0. The minimum atomic E-state index is -4.50. The SMILES string of the molecule is CC(O)(CNC(=O)Cc1cccc(C(F)(F)F)c1)C(=O)O. The molecular weight excluding hydrogens is 291 g/mol. The molecule has 1 unspecified atom stereocenters. The van der Waals surface area contributed by atoms with Crippen LogP contribution in [-0.4, -0.2) is 34.2 Å². The monoisotopic (exact) mass is 305 g/mol. The second-order valence-corrected chi connectivity index (χ2v) is 4.73. The Bertz CT molecular complexity index is 540. The molecule has 1 rings (SSSR count). The molecule has 0 spiro atoms. The lowest BCUT2D eigenvalue weighted by Crippen LogP contribution is -2.46. The Kier molecular flexibility index (Phi) is 4.95. The first-order chi connectivity index (χ1) is 9.52. The van der Waals surface area contributed by atoms with Gasteiger partial charge in [-0.05, 0) is 18.6 Å². The van der Waals surface area contributed by atoms with E-state index in [4.69, 9.17) is 5.11 Å². The second-order valence-electron chi connectivity index (χ2n) is 4.73. The highest BCUT2D eigenvalue weighted by Gasteiger charge is 2.31. The van der Waals surface area contributed by atoms with Crippen LogP contribution in [0.3, 0.4) is 0 Å². The molecule has 0 saturated carbocycles. The topological polar surface area (TPSA) is 86.6 Å². The van der Waals surface area contributed by atoms with Crippen LogP contribution in [0.25, 0.3) is 0 Å². The van der Waals surface area contributed by atoms with Crippen LogP contribution in [0.15, 0.2) is 24.3 Å². The zero-order chi connectivity index (χ0) is 16.3. The number of benzene rings is 1. The first-order valence-corrected chi connectivity index (χ1v) is 5.91. The second kappa shape index (κ2) is 6.13. The number of alkyl halides is 3. The highest BCUT2D eigenvalue weighted by atomic mass is 19.4. The molecule has 8 heteroatoms. The normalized spacial score (nSPS) is 14.3. The van der Waals surface area contributed by atoms with Crippen LogP contribution in [0.4, 0.5) is 13.2 Å². The van der Waals surface area contributed by atoms with Crippen molar-refractivity contribution in [3.63, 3.8) is 0 Å². The largest absolute Gasteiger partial charge is 0.479 e. The molecule has 0 aromatic heterocycles. The molecule has 1 atom stereocenters. The Labute approximate surface area is 118 Å². The fourth-order valence-corrected chi connectivity index (χ4v) is 1.45.